The number of carbonyl (C=O) groups is 3. The molecule has 0 aromatic heterocycles. The molecule has 2 amide bonds. The zero-order valence-electron chi connectivity index (χ0n) is 9.97. The van der Waals surface area contributed by atoms with Crippen LogP contribution >= 0.6 is 0 Å². The molecule has 17 heavy (non-hydrogen) atoms. The van der Waals surface area contributed by atoms with Gasteiger partial charge in [-0.25, -0.2) is 0 Å². The Balaban J connectivity index is 4.39. The quantitative estimate of drug-likeness (QED) is 0.447. The fourth-order valence-corrected chi connectivity index (χ4v) is 1.29. The molecule has 98 valence electrons. The Morgan fingerprint density at radius 3 is 2.18 bits per heavy atom. The molecule has 0 aromatic carbocycles. The van der Waals surface area contributed by atoms with Crippen LogP contribution in [0.4, 0.5) is 0 Å². The molecule has 0 rings (SSSR count). The number of aliphatic carboxylic acids is 1. The van der Waals surface area contributed by atoms with Crippen LogP contribution in [-0.4, -0.2) is 35.0 Å². The molecule has 2 atom stereocenters. The Morgan fingerprint density at radius 1 is 1.29 bits per heavy atom. The molecular weight excluding hydrogens is 226 g/mol. The number of carboxylic acid groups (broad SMARTS) is 1. The minimum absolute atomic E-state index is 0.224. The van der Waals surface area contributed by atoms with Gasteiger partial charge in [-0.15, -0.1) is 0 Å². The van der Waals surface area contributed by atoms with Crippen LogP contribution in [0.5, 0.6) is 0 Å². The number of nitrogens with one attached hydrogen (secondary N) is 1. The van der Waals surface area contributed by atoms with Gasteiger partial charge in [-0.05, 0) is 12.3 Å². The molecular formula is C10H19N3O4. The van der Waals surface area contributed by atoms with E-state index in [-0.39, 0.29) is 5.92 Å². The van der Waals surface area contributed by atoms with E-state index < -0.39 is 36.3 Å². The van der Waals surface area contributed by atoms with E-state index in [1.165, 1.54) is 0 Å². The van der Waals surface area contributed by atoms with Crippen LogP contribution < -0.4 is 16.8 Å². The summed E-state index contributed by atoms with van der Waals surface area (Å²) in [4.78, 5) is 32.9. The Bertz CT molecular complexity index is 304. The van der Waals surface area contributed by atoms with Gasteiger partial charge < -0.3 is 21.9 Å². The van der Waals surface area contributed by atoms with Crippen molar-refractivity contribution in [3.63, 3.8) is 0 Å². The average Bonchev–Trinajstić information content (AvgIpc) is 2.14. The van der Waals surface area contributed by atoms with E-state index in [9.17, 15) is 14.4 Å². The number of hydrogen-bond acceptors (Lipinski definition) is 4. The summed E-state index contributed by atoms with van der Waals surface area (Å²) in [6, 6.07) is -2.00. The molecule has 7 nitrogen and oxygen atoms in total. The van der Waals surface area contributed by atoms with Gasteiger partial charge in [0.25, 0.3) is 0 Å². The first kappa shape index (κ1) is 15.4. The van der Waals surface area contributed by atoms with Crippen molar-refractivity contribution < 1.29 is 19.5 Å². The maximum Gasteiger partial charge on any atom is 0.305 e. The first-order chi connectivity index (χ1) is 7.73. The lowest BCUT2D eigenvalue weighted by atomic mass is 10.0. The number of amides is 2. The van der Waals surface area contributed by atoms with Crippen LogP contribution in [0.15, 0.2) is 0 Å². The molecule has 0 aliphatic heterocycles. The van der Waals surface area contributed by atoms with Gasteiger partial charge in [0.1, 0.15) is 6.04 Å². The summed E-state index contributed by atoms with van der Waals surface area (Å²) >= 11 is 0. The van der Waals surface area contributed by atoms with E-state index in [0.29, 0.717) is 6.42 Å². The minimum Gasteiger partial charge on any atom is -0.481 e. The lowest BCUT2D eigenvalue weighted by Gasteiger charge is -2.18. The number of carbonyl (C=O) groups excluding carboxylic acids is 2. The Hall–Kier alpha value is -1.63. The second-order valence-corrected chi connectivity index (χ2v) is 4.30. The van der Waals surface area contributed by atoms with E-state index in [1.54, 1.807) is 0 Å². The van der Waals surface area contributed by atoms with Crippen molar-refractivity contribution in [2.45, 2.75) is 38.8 Å². The second kappa shape index (κ2) is 6.85. The van der Waals surface area contributed by atoms with Gasteiger partial charge in [0, 0.05) is 0 Å². The molecule has 0 aromatic rings. The predicted octanol–water partition coefficient (Wildman–Crippen LogP) is -1.20. The van der Waals surface area contributed by atoms with Gasteiger partial charge in [-0.3, -0.25) is 14.4 Å². The van der Waals surface area contributed by atoms with Crippen LogP contribution in [0, 0.1) is 5.92 Å². The number of rotatable bonds is 7. The summed E-state index contributed by atoms with van der Waals surface area (Å²) in [6.45, 7) is 3.80. The lowest BCUT2D eigenvalue weighted by molar-refractivity contribution is -0.140. The Labute approximate surface area is 99.5 Å². The highest BCUT2D eigenvalue weighted by Crippen LogP contribution is 2.03. The van der Waals surface area contributed by atoms with Crippen molar-refractivity contribution in [3.8, 4) is 0 Å². The second-order valence-electron chi connectivity index (χ2n) is 4.30. The minimum atomic E-state index is -1.22. The average molecular weight is 245 g/mol. The van der Waals surface area contributed by atoms with Crippen molar-refractivity contribution in [2.24, 2.45) is 17.4 Å². The van der Waals surface area contributed by atoms with Crippen molar-refractivity contribution in [3.05, 3.63) is 0 Å². The molecule has 2 unspecified atom stereocenters. The van der Waals surface area contributed by atoms with Gasteiger partial charge in [0.2, 0.25) is 11.8 Å². The SMILES string of the molecule is CC(C)CC(N)C(=O)NC(CC(=O)O)C(N)=O. The van der Waals surface area contributed by atoms with Crippen molar-refractivity contribution in [1.29, 1.82) is 0 Å². The van der Waals surface area contributed by atoms with E-state index in [0.717, 1.165) is 0 Å². The van der Waals surface area contributed by atoms with Crippen LogP contribution in [0.2, 0.25) is 0 Å². The summed E-state index contributed by atoms with van der Waals surface area (Å²) in [6.07, 6.45) is -0.0974. The Morgan fingerprint density at radius 2 is 1.82 bits per heavy atom. The van der Waals surface area contributed by atoms with Crippen molar-refractivity contribution in [1.82, 2.24) is 5.32 Å². The van der Waals surface area contributed by atoms with Crippen LogP contribution in [-0.2, 0) is 14.4 Å². The molecule has 7 heteroatoms. The fraction of sp³-hybridized carbons (Fsp3) is 0.700. The summed E-state index contributed by atoms with van der Waals surface area (Å²) in [5.74, 6) is -2.45. The normalized spacial score (nSPS) is 14.1. The third-order valence-electron chi connectivity index (χ3n) is 2.10. The van der Waals surface area contributed by atoms with Crippen LogP contribution in [0.25, 0.3) is 0 Å². The molecule has 0 aliphatic rings. The van der Waals surface area contributed by atoms with E-state index in [1.807, 2.05) is 13.8 Å². The number of carboxylic acids is 1. The standard InChI is InChI=1S/C10H19N3O4/c1-5(2)3-6(11)10(17)13-7(9(12)16)4-8(14)15/h5-7H,3-4,11H2,1-2H3,(H2,12,16)(H,13,17)(H,14,15). The number of nitrogens with two attached hydrogens (primary N) is 2. The van der Waals surface area contributed by atoms with Gasteiger partial charge >= 0.3 is 5.97 Å². The molecule has 0 bridgehead atoms. The summed E-state index contributed by atoms with van der Waals surface area (Å²) in [5, 5.41) is 10.8. The van der Waals surface area contributed by atoms with Crippen molar-refractivity contribution >= 4 is 17.8 Å². The van der Waals surface area contributed by atoms with Gasteiger partial charge in [-0.1, -0.05) is 13.8 Å². The highest BCUT2D eigenvalue weighted by Gasteiger charge is 2.24. The molecule has 6 N–H and O–H groups in total. The third-order valence-corrected chi connectivity index (χ3v) is 2.10. The maximum absolute atomic E-state index is 11.5. The van der Waals surface area contributed by atoms with Gasteiger partial charge in [0.15, 0.2) is 0 Å². The molecule has 0 saturated carbocycles. The smallest absolute Gasteiger partial charge is 0.305 e. The maximum atomic E-state index is 11.5. The van der Waals surface area contributed by atoms with Crippen LogP contribution in [0.1, 0.15) is 26.7 Å². The van der Waals surface area contributed by atoms with Gasteiger partial charge in [-0.2, -0.15) is 0 Å². The summed E-state index contributed by atoms with van der Waals surface area (Å²) in [5.41, 5.74) is 10.6. The highest BCUT2D eigenvalue weighted by molar-refractivity contribution is 5.91. The molecule has 0 heterocycles. The van der Waals surface area contributed by atoms with Crippen molar-refractivity contribution in [2.75, 3.05) is 0 Å². The fourth-order valence-electron chi connectivity index (χ4n) is 1.29. The molecule has 0 spiro atoms. The predicted molar refractivity (Wildman–Crippen MR) is 60.8 cm³/mol. The lowest BCUT2D eigenvalue weighted by Crippen LogP contribution is -2.51. The zero-order chi connectivity index (χ0) is 13.6. The molecule has 0 saturated heterocycles. The zero-order valence-corrected chi connectivity index (χ0v) is 9.97. The largest absolute Gasteiger partial charge is 0.481 e. The summed E-state index contributed by atoms with van der Waals surface area (Å²) in [7, 11) is 0. The first-order valence-electron chi connectivity index (χ1n) is 5.31. The highest BCUT2D eigenvalue weighted by atomic mass is 16.4. The Kier molecular flexibility index (Phi) is 6.19. The number of primary amides is 1. The third kappa shape index (κ3) is 6.52. The summed E-state index contributed by atoms with van der Waals surface area (Å²) < 4.78 is 0. The van der Waals surface area contributed by atoms with Crippen LogP contribution in [0.3, 0.4) is 0 Å². The van der Waals surface area contributed by atoms with E-state index in [4.69, 9.17) is 16.6 Å². The van der Waals surface area contributed by atoms with Gasteiger partial charge in [0.05, 0.1) is 12.5 Å². The topological polar surface area (TPSA) is 136 Å². The molecule has 0 radical (unpaired) electrons. The molecule has 0 aliphatic carbocycles. The number of hydrogen-bond donors (Lipinski definition) is 4. The van der Waals surface area contributed by atoms with E-state index in [2.05, 4.69) is 5.32 Å². The van der Waals surface area contributed by atoms with E-state index >= 15 is 0 Å². The monoisotopic (exact) mass is 245 g/mol. The molecule has 0 fully saturated rings. The first-order valence-corrected chi connectivity index (χ1v) is 5.31.